The molecule has 0 bridgehead atoms. The monoisotopic (exact) mass is 1000 g/mol. The van der Waals surface area contributed by atoms with Gasteiger partial charge in [0, 0.05) is 27.3 Å². The van der Waals surface area contributed by atoms with Crippen LogP contribution >= 0.6 is 0 Å². The maximum atomic E-state index is 14.8. The molecule has 10 heteroatoms. The van der Waals surface area contributed by atoms with E-state index in [1.54, 1.807) is 4.57 Å². The van der Waals surface area contributed by atoms with Gasteiger partial charge < -0.3 is 29.0 Å². The topological polar surface area (TPSA) is 137 Å². The first-order valence-corrected chi connectivity index (χ1v) is 25.5. The van der Waals surface area contributed by atoms with Crippen LogP contribution in [-0.4, -0.2) is 42.9 Å². The van der Waals surface area contributed by atoms with E-state index in [4.69, 9.17) is 19.2 Å². The van der Waals surface area contributed by atoms with Crippen molar-refractivity contribution in [1.82, 2.24) is 9.55 Å². The van der Waals surface area contributed by atoms with Crippen LogP contribution in [0, 0.1) is 48.5 Å². The minimum absolute atomic E-state index is 0.141. The Morgan fingerprint density at radius 3 is 1.57 bits per heavy atom. The van der Waals surface area contributed by atoms with E-state index < -0.39 is 35.3 Å². The lowest BCUT2D eigenvalue weighted by molar-refractivity contribution is -0.161. The average Bonchev–Trinajstić information content (AvgIpc) is 3.39. The Morgan fingerprint density at radius 1 is 0.547 bits per heavy atom. The number of fused-ring (bicyclic) bond motifs is 6. The lowest BCUT2D eigenvalue weighted by Gasteiger charge is -2.30. The number of ether oxygens (including phenoxy) is 3. The number of hydrogen-bond donors (Lipinski definition) is 2. The van der Waals surface area contributed by atoms with Crippen LogP contribution in [0.4, 0.5) is 0 Å². The fourth-order valence-corrected chi connectivity index (χ4v) is 11.1. The third-order valence-corrected chi connectivity index (χ3v) is 14.3. The molecule has 0 spiro atoms. The highest BCUT2D eigenvalue weighted by Gasteiger charge is 2.36. The summed E-state index contributed by atoms with van der Waals surface area (Å²) < 4.78 is 21.4. The number of aromatic nitrogens is 2. The number of carboxylic acid groups (broad SMARTS) is 2. The predicted octanol–water partition coefficient (Wildman–Crippen LogP) is 14.9. The van der Waals surface area contributed by atoms with Crippen molar-refractivity contribution in [3.63, 3.8) is 0 Å². The summed E-state index contributed by atoms with van der Waals surface area (Å²) in [7, 11) is 0. The van der Waals surface area contributed by atoms with Crippen molar-refractivity contribution in [3.05, 3.63) is 187 Å². The number of carbonyl (C=O) groups is 2. The van der Waals surface area contributed by atoms with E-state index in [1.807, 2.05) is 199 Å². The molecule has 384 valence electrons. The Kier molecular flexibility index (Phi) is 13.8. The van der Waals surface area contributed by atoms with Crippen LogP contribution in [0.2, 0.25) is 0 Å². The maximum Gasteiger partial charge on any atom is 0.337 e. The number of carboxylic acids is 2. The molecule has 0 aliphatic rings. The number of aryl methyl sites for hydroxylation is 7. The Balaban J connectivity index is 1.21. The zero-order valence-corrected chi connectivity index (χ0v) is 45.3. The van der Waals surface area contributed by atoms with Gasteiger partial charge in [-0.2, -0.15) is 0 Å². The molecule has 2 aromatic heterocycles. The number of benzene rings is 7. The van der Waals surface area contributed by atoms with Crippen molar-refractivity contribution in [2.24, 2.45) is 0 Å². The third-order valence-electron chi connectivity index (χ3n) is 14.3. The first kappa shape index (κ1) is 52.2. The van der Waals surface area contributed by atoms with E-state index in [-0.39, 0.29) is 18.7 Å². The summed E-state index contributed by atoms with van der Waals surface area (Å²) in [6, 6.07) is 38.0. The minimum atomic E-state index is -1.37. The molecule has 0 saturated heterocycles. The molecule has 2 N–H and O–H groups in total. The Hall–Kier alpha value is -7.66. The van der Waals surface area contributed by atoms with Crippen molar-refractivity contribution in [2.75, 3.05) is 0 Å². The van der Waals surface area contributed by atoms with E-state index in [1.165, 1.54) is 0 Å². The Bertz CT molecular complexity index is 3800. The molecule has 75 heavy (non-hydrogen) atoms. The van der Waals surface area contributed by atoms with E-state index >= 15 is 0 Å². The number of hydrogen-bond acceptors (Lipinski definition) is 7. The maximum absolute atomic E-state index is 14.8. The quantitative estimate of drug-likeness (QED) is 0.108. The van der Waals surface area contributed by atoms with Gasteiger partial charge in [0.15, 0.2) is 12.2 Å². The Labute approximate surface area is 438 Å². The highest BCUT2D eigenvalue weighted by molar-refractivity contribution is 6.14. The summed E-state index contributed by atoms with van der Waals surface area (Å²) in [5, 5.41) is 26.9. The Morgan fingerprint density at radius 2 is 1.04 bits per heavy atom. The van der Waals surface area contributed by atoms with Crippen LogP contribution in [0.1, 0.15) is 115 Å². The van der Waals surface area contributed by atoms with Crippen molar-refractivity contribution in [2.45, 2.75) is 127 Å². The smallest absolute Gasteiger partial charge is 0.337 e. The number of nitrogens with zero attached hydrogens (tertiary/aromatic N) is 2. The van der Waals surface area contributed by atoms with E-state index in [0.717, 1.165) is 88.1 Å². The molecule has 9 aromatic rings. The van der Waals surface area contributed by atoms with Crippen molar-refractivity contribution >= 4 is 55.3 Å². The molecular weight excluding hydrogens is 937 g/mol. The zero-order chi connectivity index (χ0) is 54.0. The molecule has 0 saturated carbocycles. The molecule has 0 radical (unpaired) electrons. The van der Waals surface area contributed by atoms with Gasteiger partial charge in [0.05, 0.1) is 34.2 Å². The van der Waals surface area contributed by atoms with Crippen molar-refractivity contribution < 1.29 is 34.0 Å². The normalized spacial score (nSPS) is 13.0. The highest BCUT2D eigenvalue weighted by atomic mass is 16.5. The predicted molar refractivity (Wildman–Crippen MR) is 301 cm³/mol. The highest BCUT2D eigenvalue weighted by Crippen LogP contribution is 2.47. The van der Waals surface area contributed by atoms with Crippen LogP contribution in [0.15, 0.2) is 120 Å². The summed E-state index contributed by atoms with van der Waals surface area (Å²) in [6.45, 7) is 25.4. The first-order valence-electron chi connectivity index (χ1n) is 25.5. The van der Waals surface area contributed by atoms with E-state index in [9.17, 15) is 24.6 Å². The summed E-state index contributed by atoms with van der Waals surface area (Å²) in [5.74, 6) is -1.82. The van der Waals surface area contributed by atoms with Crippen molar-refractivity contribution in [3.8, 4) is 28.1 Å². The van der Waals surface area contributed by atoms with Gasteiger partial charge in [0.25, 0.3) is 5.56 Å². The van der Waals surface area contributed by atoms with Gasteiger partial charge in [-0.05, 0) is 168 Å². The lowest BCUT2D eigenvalue weighted by atomic mass is 9.83. The van der Waals surface area contributed by atoms with Gasteiger partial charge in [-0.3, -0.25) is 4.79 Å². The summed E-state index contributed by atoms with van der Waals surface area (Å²) >= 11 is 0. The fourth-order valence-electron chi connectivity index (χ4n) is 11.1. The average molecular weight is 1000 g/mol. The fraction of sp³-hybridized carbons (Fsp3) is 0.292. The lowest BCUT2D eigenvalue weighted by Crippen LogP contribution is -2.29. The van der Waals surface area contributed by atoms with Gasteiger partial charge in [0.1, 0.15) is 6.61 Å². The number of rotatable bonds is 13. The van der Waals surface area contributed by atoms with Crippen LogP contribution in [-0.2, 0) is 32.2 Å². The molecule has 2 heterocycles. The van der Waals surface area contributed by atoms with Crippen LogP contribution in [0.3, 0.4) is 0 Å². The van der Waals surface area contributed by atoms with Crippen LogP contribution in [0.5, 0.6) is 5.88 Å². The van der Waals surface area contributed by atoms with Crippen LogP contribution < -0.4 is 10.3 Å². The molecule has 0 fully saturated rings. The first-order chi connectivity index (χ1) is 35.5. The second-order valence-corrected chi connectivity index (χ2v) is 22.1. The summed E-state index contributed by atoms with van der Waals surface area (Å²) in [5.41, 5.74) is 11.5. The summed E-state index contributed by atoms with van der Waals surface area (Å²) in [6.07, 6.45) is -2.66. The van der Waals surface area contributed by atoms with Gasteiger partial charge in [-0.1, -0.05) is 121 Å². The minimum Gasteiger partial charge on any atom is -0.479 e. The molecule has 0 aliphatic heterocycles. The largest absolute Gasteiger partial charge is 0.479 e. The van der Waals surface area contributed by atoms with Gasteiger partial charge in [-0.25, -0.2) is 14.6 Å². The third kappa shape index (κ3) is 9.81. The van der Waals surface area contributed by atoms with Gasteiger partial charge in [-0.15, -0.1) is 0 Å². The molecule has 0 unspecified atom stereocenters. The SMILES string of the molecule is Cc1ccc(-c2c([C@H](OC(C)(C)C)C(=O)O)c(C)c3nc(OCc4ccc(-c5c([C@H](OC(C)(C)C)C(=O)O)c(C)c6c(c5C)c5cccc(C)c5c(=O)n6Cc5ccccc5)cc4)c4c(C)cccc4c3c2C)cc1. The van der Waals surface area contributed by atoms with Gasteiger partial charge in [0.2, 0.25) is 5.88 Å². The van der Waals surface area contributed by atoms with Crippen molar-refractivity contribution in [1.29, 1.82) is 0 Å². The van der Waals surface area contributed by atoms with E-state index in [0.29, 0.717) is 44.6 Å². The zero-order valence-electron chi connectivity index (χ0n) is 45.3. The molecule has 10 nitrogen and oxygen atoms in total. The number of aliphatic carboxylic acids is 2. The van der Waals surface area contributed by atoms with Gasteiger partial charge >= 0.3 is 11.9 Å². The van der Waals surface area contributed by atoms with Crippen LogP contribution in [0.25, 0.3) is 65.6 Å². The standard InChI is InChI=1S/C65H66N2O8/c1-35-25-29-44(30-26-35)50-38(4)52-46-23-17-19-36(2)48(46)60(66-56(52)40(6)54(50)58(62(69)70)74-64(8,9)10)73-34-43-27-31-45(32-28-43)51-39(5)53-47-24-18-20-37(3)49(47)61(68)67(33-42-21-15-14-16-22-42)57(53)41(7)55(51)59(63(71)72)75-65(11,12)13/h14-32,58-59H,33-34H2,1-13H3,(H,69,70)(H,71,72)/t58-,59-/m0/s1. The molecule has 0 aliphatic carbocycles. The second kappa shape index (κ2) is 19.9. The second-order valence-electron chi connectivity index (χ2n) is 22.1. The number of pyridine rings is 2. The molecular formula is C65H66N2O8. The summed E-state index contributed by atoms with van der Waals surface area (Å²) in [4.78, 5) is 46.9. The molecule has 0 amide bonds. The molecule has 9 rings (SSSR count). The molecule has 7 aromatic carbocycles. The molecule has 2 atom stereocenters. The van der Waals surface area contributed by atoms with E-state index in [2.05, 4.69) is 6.07 Å².